The van der Waals surface area contributed by atoms with Gasteiger partial charge in [-0.2, -0.15) is 0 Å². The molecule has 0 atom stereocenters. The standard InChI is InChI=1S/C6H13N5O2P2S5/c7-17-14(12,18-8)11-5-2-1-3-6(4-5)16-15(13,19-9)20-10/h1-4H,7-10H2,(H,11,12). The number of rotatable bonds is 8. The molecule has 0 aromatic heterocycles. The molecule has 1 rings (SSSR count). The Morgan fingerprint density at radius 1 is 0.950 bits per heavy atom. The van der Waals surface area contributed by atoms with Crippen LogP contribution in [-0.4, -0.2) is 0 Å². The molecule has 20 heavy (non-hydrogen) atoms. The lowest BCUT2D eigenvalue weighted by atomic mass is 10.3. The lowest BCUT2D eigenvalue weighted by Gasteiger charge is -2.15. The Bertz CT molecular complexity index is 489. The molecule has 0 aliphatic rings. The number of nitrogens with two attached hydrogens (primary N) is 4. The Balaban J connectivity index is 2.92. The summed E-state index contributed by atoms with van der Waals surface area (Å²) >= 11 is 3.86. The Hall–Kier alpha value is 1.07. The van der Waals surface area contributed by atoms with Crippen molar-refractivity contribution >= 4 is 73.8 Å². The van der Waals surface area contributed by atoms with Crippen molar-refractivity contribution in [2.45, 2.75) is 4.90 Å². The van der Waals surface area contributed by atoms with Crippen molar-refractivity contribution in [3.8, 4) is 0 Å². The van der Waals surface area contributed by atoms with E-state index in [0.717, 1.165) is 34.5 Å². The van der Waals surface area contributed by atoms with Crippen LogP contribution in [0.3, 0.4) is 0 Å². The minimum Gasteiger partial charge on any atom is -0.319 e. The second-order valence-corrected chi connectivity index (χ2v) is 20.3. The maximum atomic E-state index is 12.1. The Kier molecular flexibility index (Phi) is 8.26. The molecule has 0 spiro atoms. The van der Waals surface area contributed by atoms with E-state index in [2.05, 4.69) is 5.09 Å². The number of nitrogens with one attached hydrogen (secondary N) is 1. The van der Waals surface area contributed by atoms with Crippen LogP contribution in [-0.2, 0) is 9.13 Å². The third kappa shape index (κ3) is 5.69. The first-order chi connectivity index (χ1) is 9.40. The van der Waals surface area contributed by atoms with Gasteiger partial charge in [0.15, 0.2) is 0 Å². The van der Waals surface area contributed by atoms with E-state index in [-0.39, 0.29) is 0 Å². The van der Waals surface area contributed by atoms with E-state index in [0.29, 0.717) is 33.7 Å². The van der Waals surface area contributed by atoms with Gasteiger partial charge in [-0.05, 0) is 29.6 Å². The van der Waals surface area contributed by atoms with Crippen molar-refractivity contribution in [3.63, 3.8) is 0 Å². The molecule has 0 bridgehead atoms. The second-order valence-electron chi connectivity index (χ2n) is 3.10. The first-order valence-corrected chi connectivity index (χ1v) is 15.5. The molecule has 0 unspecified atom stereocenters. The van der Waals surface area contributed by atoms with Crippen molar-refractivity contribution in [2.75, 3.05) is 5.09 Å². The topological polar surface area (TPSA) is 150 Å². The van der Waals surface area contributed by atoms with Gasteiger partial charge in [0.1, 0.15) is 0 Å². The number of benzene rings is 1. The quantitative estimate of drug-likeness (QED) is 0.313. The summed E-state index contributed by atoms with van der Waals surface area (Å²) in [6, 6.07) is 6.87. The van der Waals surface area contributed by atoms with E-state index in [1.54, 1.807) is 24.3 Å². The number of anilines is 1. The van der Waals surface area contributed by atoms with Crippen LogP contribution in [0.4, 0.5) is 5.69 Å². The molecule has 0 fully saturated rings. The third-order valence-electron chi connectivity index (χ3n) is 1.85. The fraction of sp³-hybridized carbons (Fsp3) is 0. The lowest BCUT2D eigenvalue weighted by Crippen LogP contribution is -1.96. The molecule has 114 valence electrons. The molecule has 1 aromatic carbocycles. The van der Waals surface area contributed by atoms with Gasteiger partial charge >= 0.3 is 5.70 Å². The van der Waals surface area contributed by atoms with Gasteiger partial charge in [0.05, 0.1) is 0 Å². The molecule has 0 saturated carbocycles. The Morgan fingerprint density at radius 3 is 2.05 bits per heavy atom. The zero-order valence-electron chi connectivity index (χ0n) is 9.87. The summed E-state index contributed by atoms with van der Waals surface area (Å²) in [4.78, 5) is 0.685. The van der Waals surface area contributed by atoms with Crippen LogP contribution in [0, 0.1) is 0 Å². The first kappa shape index (κ1) is 19.1. The molecule has 0 heterocycles. The molecular weight excluding hydrogens is 396 g/mol. The fourth-order valence-electron chi connectivity index (χ4n) is 1.06. The smallest absolute Gasteiger partial charge is 0.306 e. The molecule has 0 radical (unpaired) electrons. The van der Waals surface area contributed by atoms with Gasteiger partial charge in [-0.3, -0.25) is 29.7 Å². The minimum atomic E-state index is -2.99. The summed E-state index contributed by atoms with van der Waals surface area (Å²) < 4.78 is 21.4. The summed E-state index contributed by atoms with van der Waals surface area (Å²) in [5, 5.41) is 24.2. The molecule has 0 aliphatic heterocycles. The predicted molar refractivity (Wildman–Crippen MR) is 98.2 cm³/mol. The molecule has 1 aromatic rings. The highest BCUT2D eigenvalue weighted by atomic mass is 33.4. The largest absolute Gasteiger partial charge is 0.319 e. The highest BCUT2D eigenvalue weighted by Crippen LogP contribution is 2.76. The van der Waals surface area contributed by atoms with Gasteiger partial charge in [0, 0.05) is 56.9 Å². The highest BCUT2D eigenvalue weighted by Gasteiger charge is 2.24. The van der Waals surface area contributed by atoms with Crippen LogP contribution < -0.4 is 25.6 Å². The average Bonchev–Trinajstić information content (AvgIpc) is 2.47. The van der Waals surface area contributed by atoms with Crippen molar-refractivity contribution in [1.82, 2.24) is 0 Å². The molecule has 9 N–H and O–H groups in total. The van der Waals surface area contributed by atoms with Crippen LogP contribution in [0.15, 0.2) is 29.2 Å². The molecular formula is C6H13N5O2P2S5. The summed E-state index contributed by atoms with van der Waals surface area (Å²) in [7, 11) is 0. The van der Waals surface area contributed by atoms with E-state index in [1.807, 2.05) is 0 Å². The van der Waals surface area contributed by atoms with Crippen LogP contribution >= 0.6 is 68.1 Å². The van der Waals surface area contributed by atoms with Gasteiger partial charge in [-0.1, -0.05) is 6.07 Å². The molecule has 0 saturated heterocycles. The third-order valence-corrected chi connectivity index (χ3v) is 15.2. The van der Waals surface area contributed by atoms with E-state index >= 15 is 0 Å². The second kappa shape index (κ2) is 8.64. The summed E-state index contributed by atoms with van der Waals surface area (Å²) in [5.41, 5.74) is -2.43. The maximum Gasteiger partial charge on any atom is 0.306 e. The molecule has 7 nitrogen and oxygen atoms in total. The van der Waals surface area contributed by atoms with Crippen molar-refractivity contribution in [3.05, 3.63) is 24.3 Å². The highest BCUT2D eigenvalue weighted by molar-refractivity contribution is 9.14. The SMILES string of the molecule is NSP(=O)(Nc1cccc(SP(=O)(SN)SN)c1)SN. The van der Waals surface area contributed by atoms with Gasteiger partial charge in [0.25, 0.3) is 4.75 Å². The maximum absolute atomic E-state index is 12.1. The zero-order chi connectivity index (χ0) is 15.2. The van der Waals surface area contributed by atoms with Gasteiger partial charge in [0.2, 0.25) is 0 Å². The molecule has 14 heteroatoms. The van der Waals surface area contributed by atoms with Crippen LogP contribution in [0.5, 0.6) is 0 Å². The minimum absolute atomic E-state index is 0.560. The predicted octanol–water partition coefficient (Wildman–Crippen LogP) is 3.83. The first-order valence-electron chi connectivity index (χ1n) is 4.72. The number of hydrogen-bond donors (Lipinski definition) is 5. The Morgan fingerprint density at radius 2 is 1.55 bits per heavy atom. The lowest BCUT2D eigenvalue weighted by molar-refractivity contribution is 0.596. The van der Waals surface area contributed by atoms with E-state index < -0.39 is 10.4 Å². The molecule has 0 aliphatic carbocycles. The monoisotopic (exact) mass is 409 g/mol. The van der Waals surface area contributed by atoms with Crippen LogP contribution in [0.2, 0.25) is 0 Å². The van der Waals surface area contributed by atoms with Gasteiger partial charge < -0.3 is 5.09 Å². The normalized spacial score (nSPS) is 12.4. The summed E-state index contributed by atoms with van der Waals surface area (Å²) in [6.45, 7) is 0. The van der Waals surface area contributed by atoms with Crippen molar-refractivity contribution in [2.24, 2.45) is 20.6 Å². The van der Waals surface area contributed by atoms with Crippen LogP contribution in [0.25, 0.3) is 0 Å². The molecule has 0 amide bonds. The Labute approximate surface area is 137 Å². The summed E-state index contributed by atoms with van der Waals surface area (Å²) in [5.74, 6) is 0. The average molecular weight is 409 g/mol. The van der Waals surface area contributed by atoms with Crippen molar-refractivity contribution < 1.29 is 9.13 Å². The van der Waals surface area contributed by atoms with Gasteiger partial charge in [-0.15, -0.1) is 0 Å². The number of hydrogen-bond acceptors (Lipinski definition) is 11. The fourth-order valence-corrected chi connectivity index (χ4v) is 8.22. The van der Waals surface area contributed by atoms with Crippen molar-refractivity contribution in [1.29, 1.82) is 0 Å². The summed E-state index contributed by atoms with van der Waals surface area (Å²) in [6.07, 6.45) is 0. The van der Waals surface area contributed by atoms with E-state index in [1.165, 1.54) is 0 Å². The van der Waals surface area contributed by atoms with E-state index in [4.69, 9.17) is 20.6 Å². The zero-order valence-corrected chi connectivity index (χ0v) is 15.7. The van der Waals surface area contributed by atoms with Gasteiger partial charge in [-0.25, -0.2) is 0 Å². The van der Waals surface area contributed by atoms with E-state index in [9.17, 15) is 9.13 Å². The van der Waals surface area contributed by atoms with Crippen LogP contribution in [0.1, 0.15) is 0 Å².